The predicted molar refractivity (Wildman–Crippen MR) is 98.8 cm³/mol. The molecule has 1 aliphatic heterocycles. The van der Waals surface area contributed by atoms with E-state index in [9.17, 15) is 13.2 Å². The first-order valence-corrected chi connectivity index (χ1v) is 10.6. The lowest BCUT2D eigenvalue weighted by molar-refractivity contribution is -0.122. The molecule has 0 radical (unpaired) electrons. The van der Waals surface area contributed by atoms with Gasteiger partial charge in [-0.25, -0.2) is 13.1 Å². The molecule has 3 N–H and O–H groups in total. The van der Waals surface area contributed by atoms with Gasteiger partial charge in [0.25, 0.3) is 0 Å². The Balaban J connectivity index is 0.00000288. The zero-order valence-corrected chi connectivity index (χ0v) is 16.2. The quantitative estimate of drug-likeness (QED) is 0.561. The van der Waals surface area contributed by atoms with Crippen molar-refractivity contribution in [3.05, 3.63) is 0 Å². The third-order valence-electron chi connectivity index (χ3n) is 5.16. The SMILES string of the molecule is CC(CC(=O)NCCS(=O)(=O)NCC1CCC1)C1CCCNC1.Cl. The van der Waals surface area contributed by atoms with Crippen LogP contribution in [0.4, 0.5) is 0 Å². The molecular formula is C16H32ClN3O3S. The Kier molecular flexibility index (Phi) is 9.56. The maximum absolute atomic E-state index is 12.0. The lowest BCUT2D eigenvalue weighted by Crippen LogP contribution is -2.39. The van der Waals surface area contributed by atoms with Gasteiger partial charge in [0, 0.05) is 19.5 Å². The van der Waals surface area contributed by atoms with Crippen LogP contribution >= 0.6 is 12.4 Å². The minimum Gasteiger partial charge on any atom is -0.355 e. The van der Waals surface area contributed by atoms with E-state index in [0.29, 0.717) is 30.7 Å². The van der Waals surface area contributed by atoms with E-state index in [4.69, 9.17) is 0 Å². The summed E-state index contributed by atoms with van der Waals surface area (Å²) >= 11 is 0. The van der Waals surface area contributed by atoms with Gasteiger partial charge in [0.2, 0.25) is 15.9 Å². The van der Waals surface area contributed by atoms with E-state index in [1.54, 1.807) is 0 Å². The average Bonchev–Trinajstić information content (AvgIpc) is 2.46. The van der Waals surface area contributed by atoms with E-state index in [-0.39, 0.29) is 30.6 Å². The largest absolute Gasteiger partial charge is 0.355 e. The molecule has 8 heteroatoms. The number of sulfonamides is 1. The highest BCUT2D eigenvalue weighted by molar-refractivity contribution is 7.89. The molecule has 0 spiro atoms. The van der Waals surface area contributed by atoms with Gasteiger partial charge in [0.15, 0.2) is 0 Å². The molecule has 1 aliphatic carbocycles. The van der Waals surface area contributed by atoms with Gasteiger partial charge in [-0.3, -0.25) is 4.79 Å². The first-order chi connectivity index (χ1) is 11.0. The summed E-state index contributed by atoms with van der Waals surface area (Å²) in [7, 11) is -3.27. The first-order valence-electron chi connectivity index (χ1n) is 8.91. The molecular weight excluding hydrogens is 350 g/mol. The second-order valence-electron chi connectivity index (χ2n) is 7.10. The summed E-state index contributed by atoms with van der Waals surface area (Å²) in [5, 5.41) is 6.11. The van der Waals surface area contributed by atoms with Crippen molar-refractivity contribution in [3.63, 3.8) is 0 Å². The summed E-state index contributed by atoms with van der Waals surface area (Å²) < 4.78 is 26.4. The fraction of sp³-hybridized carbons (Fsp3) is 0.938. The van der Waals surface area contributed by atoms with Crippen molar-refractivity contribution in [2.24, 2.45) is 17.8 Å². The maximum Gasteiger partial charge on any atom is 0.220 e. The second kappa shape index (κ2) is 10.6. The molecule has 1 saturated heterocycles. The fourth-order valence-corrected chi connectivity index (χ4v) is 4.24. The molecule has 0 aromatic rings. The Bertz CT molecular complexity index is 477. The van der Waals surface area contributed by atoms with E-state index in [2.05, 4.69) is 22.3 Å². The Morgan fingerprint density at radius 3 is 2.58 bits per heavy atom. The number of nitrogens with one attached hydrogen (secondary N) is 3. The number of halogens is 1. The summed E-state index contributed by atoms with van der Waals surface area (Å²) in [6.45, 7) is 4.89. The highest BCUT2D eigenvalue weighted by atomic mass is 35.5. The molecule has 1 amide bonds. The summed E-state index contributed by atoms with van der Waals surface area (Å²) in [5.41, 5.74) is 0. The first kappa shape index (κ1) is 21.7. The summed E-state index contributed by atoms with van der Waals surface area (Å²) in [5.74, 6) is 1.30. The van der Waals surface area contributed by atoms with Crippen LogP contribution in [0.25, 0.3) is 0 Å². The number of amides is 1. The predicted octanol–water partition coefficient (Wildman–Crippen LogP) is 1.27. The lowest BCUT2D eigenvalue weighted by atomic mass is 9.85. The third kappa shape index (κ3) is 7.68. The van der Waals surface area contributed by atoms with Crippen LogP contribution in [0.1, 0.15) is 45.4 Å². The smallest absolute Gasteiger partial charge is 0.220 e. The van der Waals surface area contributed by atoms with Gasteiger partial charge >= 0.3 is 0 Å². The molecule has 2 atom stereocenters. The average molecular weight is 382 g/mol. The second-order valence-corrected chi connectivity index (χ2v) is 9.03. The normalized spacial score (nSPS) is 23.0. The van der Waals surface area contributed by atoms with Gasteiger partial charge in [-0.2, -0.15) is 0 Å². The van der Waals surface area contributed by atoms with Crippen LogP contribution in [0.2, 0.25) is 0 Å². The number of carbonyl (C=O) groups is 1. The molecule has 2 rings (SSSR count). The summed E-state index contributed by atoms with van der Waals surface area (Å²) in [6, 6.07) is 0. The van der Waals surface area contributed by atoms with Gasteiger partial charge in [0.1, 0.15) is 0 Å². The van der Waals surface area contributed by atoms with Crippen LogP contribution in [0, 0.1) is 17.8 Å². The highest BCUT2D eigenvalue weighted by Crippen LogP contribution is 2.25. The van der Waals surface area contributed by atoms with Crippen molar-refractivity contribution in [1.29, 1.82) is 0 Å². The van der Waals surface area contributed by atoms with Gasteiger partial charge in [-0.1, -0.05) is 13.3 Å². The molecule has 2 fully saturated rings. The fourth-order valence-electron chi connectivity index (χ4n) is 3.23. The Morgan fingerprint density at radius 1 is 1.25 bits per heavy atom. The number of piperidine rings is 1. The minimum atomic E-state index is -3.27. The molecule has 0 aromatic heterocycles. The van der Waals surface area contributed by atoms with E-state index >= 15 is 0 Å². The highest BCUT2D eigenvalue weighted by Gasteiger charge is 2.23. The Morgan fingerprint density at radius 2 is 2.00 bits per heavy atom. The topological polar surface area (TPSA) is 87.3 Å². The number of rotatable bonds is 9. The molecule has 142 valence electrons. The minimum absolute atomic E-state index is 0. The number of hydrogen-bond donors (Lipinski definition) is 3. The Labute approximate surface area is 152 Å². The standard InChI is InChI=1S/C16H31N3O3S.ClH/c1-13(15-6-3-7-17-12-15)10-16(20)18-8-9-23(21,22)19-11-14-4-2-5-14;/h13-15,17,19H,2-12H2,1H3,(H,18,20);1H. The molecule has 0 bridgehead atoms. The van der Waals surface area contributed by atoms with Gasteiger partial charge in [0.05, 0.1) is 5.75 Å². The van der Waals surface area contributed by atoms with Gasteiger partial charge in [-0.15, -0.1) is 12.4 Å². The van der Waals surface area contributed by atoms with E-state index in [1.807, 2.05) is 0 Å². The number of carbonyl (C=O) groups excluding carboxylic acids is 1. The van der Waals surface area contributed by atoms with Gasteiger partial charge in [-0.05, 0) is 56.5 Å². The van der Waals surface area contributed by atoms with E-state index in [1.165, 1.54) is 19.3 Å². The van der Waals surface area contributed by atoms with Crippen LogP contribution in [-0.2, 0) is 14.8 Å². The van der Waals surface area contributed by atoms with Crippen LogP contribution in [0.5, 0.6) is 0 Å². The van der Waals surface area contributed by atoms with Crippen LogP contribution in [0.3, 0.4) is 0 Å². The van der Waals surface area contributed by atoms with E-state index < -0.39 is 10.0 Å². The van der Waals surface area contributed by atoms with Crippen molar-refractivity contribution in [2.75, 3.05) is 31.9 Å². The summed E-state index contributed by atoms with van der Waals surface area (Å²) in [6.07, 6.45) is 6.25. The molecule has 1 heterocycles. The van der Waals surface area contributed by atoms with Crippen molar-refractivity contribution < 1.29 is 13.2 Å². The van der Waals surface area contributed by atoms with Crippen molar-refractivity contribution in [1.82, 2.24) is 15.4 Å². The molecule has 0 aromatic carbocycles. The van der Waals surface area contributed by atoms with Crippen LogP contribution < -0.4 is 15.4 Å². The zero-order chi connectivity index (χ0) is 16.7. The molecule has 24 heavy (non-hydrogen) atoms. The van der Waals surface area contributed by atoms with Gasteiger partial charge < -0.3 is 10.6 Å². The van der Waals surface area contributed by atoms with Crippen LogP contribution in [0.15, 0.2) is 0 Å². The monoisotopic (exact) mass is 381 g/mol. The summed E-state index contributed by atoms with van der Waals surface area (Å²) in [4.78, 5) is 12.0. The molecule has 6 nitrogen and oxygen atoms in total. The Hall–Kier alpha value is -0.370. The van der Waals surface area contributed by atoms with Crippen molar-refractivity contribution in [2.45, 2.75) is 45.4 Å². The molecule has 1 saturated carbocycles. The maximum atomic E-state index is 12.0. The number of hydrogen-bond acceptors (Lipinski definition) is 4. The molecule has 2 unspecified atom stereocenters. The van der Waals surface area contributed by atoms with Crippen LogP contribution in [-0.4, -0.2) is 46.3 Å². The lowest BCUT2D eigenvalue weighted by Gasteiger charge is -2.28. The van der Waals surface area contributed by atoms with E-state index in [0.717, 1.165) is 25.9 Å². The van der Waals surface area contributed by atoms with Crippen molar-refractivity contribution >= 4 is 28.3 Å². The van der Waals surface area contributed by atoms with Crippen molar-refractivity contribution in [3.8, 4) is 0 Å². The zero-order valence-electron chi connectivity index (χ0n) is 14.6. The molecule has 2 aliphatic rings. The third-order valence-corrected chi connectivity index (χ3v) is 6.50.